The first kappa shape index (κ1) is 18.1. The molecule has 0 aromatic heterocycles. The van der Waals surface area contributed by atoms with Gasteiger partial charge in [-0.1, -0.05) is 17.7 Å². The van der Waals surface area contributed by atoms with Crippen molar-refractivity contribution in [2.75, 3.05) is 0 Å². The van der Waals surface area contributed by atoms with Crippen LogP contribution in [0.4, 0.5) is 4.39 Å². The molecule has 5 heteroatoms. The molecule has 1 aromatic rings. The van der Waals surface area contributed by atoms with E-state index in [1.165, 1.54) is 12.1 Å². The van der Waals surface area contributed by atoms with Crippen LogP contribution in [0.5, 0.6) is 0 Å². The SMILES string of the molecule is Fc1cccc(Cl)c1.[Br-].[Br-].[Mg+2]. The van der Waals surface area contributed by atoms with Gasteiger partial charge in [0.1, 0.15) is 5.82 Å². The van der Waals surface area contributed by atoms with Crippen LogP contribution >= 0.6 is 11.6 Å². The van der Waals surface area contributed by atoms with Gasteiger partial charge in [-0.25, -0.2) is 4.39 Å². The Kier molecular flexibility index (Phi) is 15.2. The van der Waals surface area contributed by atoms with Gasteiger partial charge in [0, 0.05) is 5.02 Å². The van der Waals surface area contributed by atoms with Crippen molar-refractivity contribution in [1.29, 1.82) is 0 Å². The molecule has 0 radical (unpaired) electrons. The van der Waals surface area contributed by atoms with E-state index in [0.29, 0.717) is 5.02 Å². The molecule has 0 N–H and O–H groups in total. The van der Waals surface area contributed by atoms with E-state index in [-0.39, 0.29) is 62.8 Å². The molecule has 0 bridgehead atoms. The van der Waals surface area contributed by atoms with Gasteiger partial charge in [0.15, 0.2) is 0 Å². The van der Waals surface area contributed by atoms with E-state index in [4.69, 9.17) is 11.6 Å². The fraction of sp³-hybridized carbons (Fsp3) is 0. The van der Waals surface area contributed by atoms with E-state index in [1.54, 1.807) is 12.1 Å². The number of rotatable bonds is 0. The Morgan fingerprint density at radius 1 is 1.18 bits per heavy atom. The Labute approximate surface area is 107 Å². The van der Waals surface area contributed by atoms with E-state index in [0.717, 1.165) is 0 Å². The van der Waals surface area contributed by atoms with Crippen LogP contribution in [0, 0.1) is 5.82 Å². The second-order valence-corrected chi connectivity index (χ2v) is 1.88. The molecule has 0 saturated carbocycles. The zero-order valence-corrected chi connectivity index (χ0v) is 10.9. The Hall–Kier alpha value is 1.17. The number of benzene rings is 1. The molecular formula is C6H4Br2ClFMg. The zero-order valence-electron chi connectivity index (χ0n) is 5.53. The molecule has 0 aliphatic heterocycles. The van der Waals surface area contributed by atoms with Gasteiger partial charge >= 0.3 is 23.1 Å². The summed E-state index contributed by atoms with van der Waals surface area (Å²) in [6.07, 6.45) is 0. The van der Waals surface area contributed by atoms with Crippen LogP contribution in [0.2, 0.25) is 5.02 Å². The van der Waals surface area contributed by atoms with Gasteiger partial charge in [0.25, 0.3) is 0 Å². The van der Waals surface area contributed by atoms with Crippen LogP contribution < -0.4 is 34.0 Å². The maximum atomic E-state index is 12.1. The molecule has 0 amide bonds. The first-order valence-electron chi connectivity index (χ1n) is 2.20. The summed E-state index contributed by atoms with van der Waals surface area (Å²) in [7, 11) is 0. The number of hydrogen-bond acceptors (Lipinski definition) is 0. The van der Waals surface area contributed by atoms with Gasteiger partial charge < -0.3 is 34.0 Å². The number of hydrogen-bond donors (Lipinski definition) is 0. The molecule has 11 heavy (non-hydrogen) atoms. The molecule has 0 heterocycles. The smallest absolute Gasteiger partial charge is 1.00 e. The minimum Gasteiger partial charge on any atom is -1.00 e. The van der Waals surface area contributed by atoms with E-state index in [1.807, 2.05) is 0 Å². The molecule has 0 aliphatic carbocycles. The van der Waals surface area contributed by atoms with Crippen LogP contribution in [0.25, 0.3) is 0 Å². The molecule has 58 valence electrons. The van der Waals surface area contributed by atoms with Crippen LogP contribution in [0.1, 0.15) is 0 Å². The molecule has 0 nitrogen and oxygen atoms in total. The van der Waals surface area contributed by atoms with Crippen molar-refractivity contribution in [2.45, 2.75) is 0 Å². The second-order valence-electron chi connectivity index (χ2n) is 1.44. The van der Waals surface area contributed by atoms with Gasteiger partial charge in [0.05, 0.1) is 0 Å². The van der Waals surface area contributed by atoms with Gasteiger partial charge in [-0.05, 0) is 18.2 Å². The normalized spacial score (nSPS) is 6.73. The van der Waals surface area contributed by atoms with Crippen molar-refractivity contribution in [3.05, 3.63) is 35.1 Å². The summed E-state index contributed by atoms with van der Waals surface area (Å²) in [5.41, 5.74) is 0. The monoisotopic (exact) mass is 312 g/mol. The molecular weight excluding hydrogens is 311 g/mol. The predicted molar refractivity (Wildman–Crippen MR) is 37.2 cm³/mol. The van der Waals surface area contributed by atoms with E-state index < -0.39 is 0 Å². The van der Waals surface area contributed by atoms with Gasteiger partial charge in [-0.15, -0.1) is 0 Å². The van der Waals surface area contributed by atoms with Crippen LogP contribution in [0.3, 0.4) is 0 Å². The van der Waals surface area contributed by atoms with Crippen molar-refractivity contribution in [3.8, 4) is 0 Å². The van der Waals surface area contributed by atoms with Gasteiger partial charge in [-0.2, -0.15) is 0 Å². The standard InChI is InChI=1S/C6H4ClF.2BrH.Mg/c7-5-2-1-3-6(8)4-5;;;/h1-4H;2*1H;/q;;;+2/p-2. The fourth-order valence-corrected chi connectivity index (χ4v) is 0.637. The van der Waals surface area contributed by atoms with Crippen molar-refractivity contribution < 1.29 is 38.4 Å². The minimum absolute atomic E-state index is 0. The molecule has 0 aliphatic rings. The largest absolute Gasteiger partial charge is 2.00 e. The second kappa shape index (κ2) is 9.26. The third-order valence-corrected chi connectivity index (χ3v) is 1.02. The first-order valence-corrected chi connectivity index (χ1v) is 2.58. The molecule has 0 unspecified atom stereocenters. The first-order chi connectivity index (χ1) is 3.79. The molecule has 0 atom stereocenters. The minimum atomic E-state index is -0.294. The molecule has 1 rings (SSSR count). The summed E-state index contributed by atoms with van der Waals surface area (Å²) in [6.45, 7) is 0. The maximum absolute atomic E-state index is 12.1. The average molecular weight is 315 g/mol. The summed E-state index contributed by atoms with van der Waals surface area (Å²) in [5.74, 6) is -0.294. The van der Waals surface area contributed by atoms with Crippen molar-refractivity contribution in [1.82, 2.24) is 0 Å². The average Bonchev–Trinajstić information content (AvgIpc) is 1.64. The van der Waals surface area contributed by atoms with E-state index >= 15 is 0 Å². The maximum Gasteiger partial charge on any atom is 2.00 e. The van der Waals surface area contributed by atoms with Crippen LogP contribution in [0.15, 0.2) is 24.3 Å². The van der Waals surface area contributed by atoms with Gasteiger partial charge in [0.2, 0.25) is 0 Å². The van der Waals surface area contributed by atoms with Gasteiger partial charge in [-0.3, -0.25) is 0 Å². The summed E-state index contributed by atoms with van der Waals surface area (Å²) in [6, 6.07) is 5.82. The summed E-state index contributed by atoms with van der Waals surface area (Å²) in [5, 5.41) is 0.435. The number of halogens is 4. The summed E-state index contributed by atoms with van der Waals surface area (Å²) in [4.78, 5) is 0. The summed E-state index contributed by atoms with van der Waals surface area (Å²) < 4.78 is 12.1. The van der Waals surface area contributed by atoms with Crippen LogP contribution in [-0.4, -0.2) is 23.1 Å². The fourth-order valence-electron chi connectivity index (χ4n) is 0.460. The Balaban J connectivity index is -0.000000213. The Morgan fingerprint density at radius 2 is 1.73 bits per heavy atom. The quantitative estimate of drug-likeness (QED) is 0.430. The third-order valence-electron chi connectivity index (χ3n) is 0.787. The van der Waals surface area contributed by atoms with E-state index in [9.17, 15) is 4.39 Å². The molecule has 1 aromatic carbocycles. The predicted octanol–water partition coefficient (Wildman–Crippen LogP) is -3.89. The Morgan fingerprint density at radius 3 is 2.00 bits per heavy atom. The molecule has 0 spiro atoms. The van der Waals surface area contributed by atoms with Crippen molar-refractivity contribution >= 4 is 34.7 Å². The zero-order chi connectivity index (χ0) is 5.98. The van der Waals surface area contributed by atoms with Crippen molar-refractivity contribution in [3.63, 3.8) is 0 Å². The van der Waals surface area contributed by atoms with Crippen LogP contribution in [-0.2, 0) is 0 Å². The molecule has 0 saturated heterocycles. The summed E-state index contributed by atoms with van der Waals surface area (Å²) >= 11 is 5.40. The molecule has 0 fully saturated rings. The third kappa shape index (κ3) is 7.52. The van der Waals surface area contributed by atoms with E-state index in [2.05, 4.69) is 0 Å². The Bertz CT molecular complexity index is 180. The van der Waals surface area contributed by atoms with Crippen molar-refractivity contribution in [2.24, 2.45) is 0 Å². The topological polar surface area (TPSA) is 0 Å².